The minimum Gasteiger partial charge on any atom is -0.363 e. The molecule has 3 rings (SSSR count). The van der Waals surface area contributed by atoms with Gasteiger partial charge in [0.1, 0.15) is 18.0 Å². The molecular weight excluding hydrogens is 268 g/mol. The highest BCUT2D eigenvalue weighted by atomic mass is 16.2. The molecule has 2 aromatic heterocycles. The van der Waals surface area contributed by atoms with E-state index < -0.39 is 0 Å². The second kappa shape index (κ2) is 5.16. The minimum absolute atomic E-state index is 0.249. The Hall–Kier alpha value is -2.44. The zero-order chi connectivity index (χ0) is 15.0. The van der Waals surface area contributed by atoms with Crippen LogP contribution in [-0.2, 0) is 7.05 Å². The number of carbonyl (C=O) groups is 1. The summed E-state index contributed by atoms with van der Waals surface area (Å²) >= 11 is 0. The second-order valence-electron chi connectivity index (χ2n) is 5.46. The predicted molar refractivity (Wildman–Crippen MR) is 79.5 cm³/mol. The van der Waals surface area contributed by atoms with Crippen molar-refractivity contribution >= 4 is 17.5 Å². The summed E-state index contributed by atoms with van der Waals surface area (Å²) < 4.78 is 1.79. The van der Waals surface area contributed by atoms with Crippen LogP contribution in [-0.4, -0.2) is 39.8 Å². The van der Waals surface area contributed by atoms with Crippen molar-refractivity contribution < 1.29 is 4.79 Å². The fourth-order valence-electron chi connectivity index (χ4n) is 2.19. The lowest BCUT2D eigenvalue weighted by Crippen LogP contribution is -2.16. The van der Waals surface area contributed by atoms with Gasteiger partial charge in [-0.15, -0.1) is 0 Å². The van der Waals surface area contributed by atoms with E-state index in [1.54, 1.807) is 10.7 Å². The average molecular weight is 286 g/mol. The van der Waals surface area contributed by atoms with Gasteiger partial charge >= 0.3 is 0 Å². The average Bonchev–Trinajstić information content (AvgIpc) is 3.22. The first-order valence-electron chi connectivity index (χ1n) is 6.89. The van der Waals surface area contributed by atoms with Crippen molar-refractivity contribution in [3.63, 3.8) is 0 Å². The van der Waals surface area contributed by atoms with Crippen LogP contribution in [0.15, 0.2) is 18.5 Å². The summed E-state index contributed by atoms with van der Waals surface area (Å²) in [5.74, 6) is 1.52. The van der Waals surface area contributed by atoms with Crippen LogP contribution in [0.25, 0.3) is 0 Å². The Labute approximate surface area is 123 Å². The summed E-state index contributed by atoms with van der Waals surface area (Å²) in [7, 11) is 5.64. The maximum atomic E-state index is 12.2. The zero-order valence-corrected chi connectivity index (χ0v) is 12.4. The van der Waals surface area contributed by atoms with Gasteiger partial charge in [-0.05, 0) is 18.9 Å². The number of rotatable bonds is 4. The molecule has 1 N–H and O–H groups in total. The van der Waals surface area contributed by atoms with E-state index in [0.717, 1.165) is 11.5 Å². The number of hydrogen-bond acceptors (Lipinski definition) is 5. The molecule has 0 atom stereocenters. The van der Waals surface area contributed by atoms with Gasteiger partial charge in [0.15, 0.2) is 5.69 Å². The van der Waals surface area contributed by atoms with Crippen LogP contribution < -0.4 is 10.2 Å². The Bertz CT molecular complexity index is 674. The van der Waals surface area contributed by atoms with E-state index in [-0.39, 0.29) is 5.91 Å². The highest BCUT2D eigenvalue weighted by Gasteiger charge is 2.28. The molecule has 0 saturated heterocycles. The van der Waals surface area contributed by atoms with Crippen molar-refractivity contribution in [2.75, 3.05) is 24.3 Å². The molecule has 2 heterocycles. The van der Waals surface area contributed by atoms with E-state index in [1.165, 1.54) is 19.2 Å². The molecule has 7 heteroatoms. The molecule has 0 aliphatic heterocycles. The number of anilines is 2. The number of nitrogens with zero attached hydrogens (tertiary/aromatic N) is 5. The standard InChI is InChI=1S/C14H18N6O/c1-19(2)13-7-12(15-8-16-13)17-14(21)10-6-11(9-4-5-9)20(3)18-10/h6-9H,4-5H2,1-3H3,(H,15,16,17,21). The molecule has 1 aliphatic carbocycles. The van der Waals surface area contributed by atoms with Crippen LogP contribution in [0.2, 0.25) is 0 Å². The van der Waals surface area contributed by atoms with Crippen LogP contribution in [0.4, 0.5) is 11.6 Å². The van der Waals surface area contributed by atoms with Gasteiger partial charge in [-0.2, -0.15) is 5.10 Å². The molecule has 1 saturated carbocycles. The smallest absolute Gasteiger partial charge is 0.277 e. The molecule has 0 bridgehead atoms. The Balaban J connectivity index is 1.76. The van der Waals surface area contributed by atoms with Crippen molar-refractivity contribution in [2.45, 2.75) is 18.8 Å². The first-order chi connectivity index (χ1) is 10.0. The third kappa shape index (κ3) is 2.86. The predicted octanol–water partition coefficient (Wildman–Crippen LogP) is 1.41. The molecular formula is C14H18N6O. The first kappa shape index (κ1) is 13.5. The van der Waals surface area contributed by atoms with Crippen molar-refractivity contribution in [2.24, 2.45) is 7.05 Å². The van der Waals surface area contributed by atoms with Crippen LogP contribution in [0.3, 0.4) is 0 Å². The van der Waals surface area contributed by atoms with Crippen LogP contribution in [0, 0.1) is 0 Å². The van der Waals surface area contributed by atoms with Gasteiger partial charge in [-0.3, -0.25) is 9.48 Å². The summed E-state index contributed by atoms with van der Waals surface area (Å²) in [5.41, 5.74) is 1.54. The van der Waals surface area contributed by atoms with Gasteiger partial charge in [0.2, 0.25) is 0 Å². The molecule has 0 unspecified atom stereocenters. The Morgan fingerprint density at radius 3 is 2.76 bits per heavy atom. The number of aromatic nitrogens is 4. The molecule has 1 amide bonds. The Morgan fingerprint density at radius 1 is 1.33 bits per heavy atom. The van der Waals surface area contributed by atoms with Crippen molar-refractivity contribution in [3.05, 3.63) is 29.8 Å². The largest absolute Gasteiger partial charge is 0.363 e. The summed E-state index contributed by atoms with van der Waals surface area (Å²) in [6, 6.07) is 3.59. The van der Waals surface area contributed by atoms with Gasteiger partial charge in [0.25, 0.3) is 5.91 Å². The van der Waals surface area contributed by atoms with Crippen LogP contribution in [0.1, 0.15) is 34.9 Å². The molecule has 1 aliphatic rings. The monoisotopic (exact) mass is 286 g/mol. The highest BCUT2D eigenvalue weighted by molar-refractivity contribution is 6.02. The Kier molecular flexibility index (Phi) is 3.32. The summed E-state index contributed by atoms with van der Waals surface area (Å²) in [5, 5.41) is 7.04. The van der Waals surface area contributed by atoms with E-state index in [0.29, 0.717) is 17.4 Å². The quantitative estimate of drug-likeness (QED) is 0.919. The molecule has 2 aromatic rings. The number of amides is 1. The SMILES string of the molecule is CN(C)c1cc(NC(=O)c2cc(C3CC3)n(C)n2)ncn1. The molecule has 21 heavy (non-hydrogen) atoms. The molecule has 0 aromatic carbocycles. The number of aryl methyl sites for hydroxylation is 1. The Morgan fingerprint density at radius 2 is 2.10 bits per heavy atom. The highest BCUT2D eigenvalue weighted by Crippen LogP contribution is 2.39. The van der Waals surface area contributed by atoms with E-state index in [1.807, 2.05) is 32.1 Å². The fourth-order valence-corrected chi connectivity index (χ4v) is 2.19. The van der Waals surface area contributed by atoms with Crippen molar-refractivity contribution in [1.82, 2.24) is 19.7 Å². The number of carbonyl (C=O) groups excluding carboxylic acids is 1. The maximum Gasteiger partial charge on any atom is 0.277 e. The van der Waals surface area contributed by atoms with E-state index in [2.05, 4.69) is 20.4 Å². The molecule has 0 radical (unpaired) electrons. The topological polar surface area (TPSA) is 75.9 Å². The van der Waals surface area contributed by atoms with E-state index in [9.17, 15) is 4.79 Å². The maximum absolute atomic E-state index is 12.2. The zero-order valence-electron chi connectivity index (χ0n) is 12.4. The number of hydrogen-bond donors (Lipinski definition) is 1. The lowest BCUT2D eigenvalue weighted by atomic mass is 10.2. The van der Waals surface area contributed by atoms with Gasteiger partial charge in [0.05, 0.1) is 0 Å². The normalized spacial score (nSPS) is 14.0. The molecule has 0 spiro atoms. The first-order valence-corrected chi connectivity index (χ1v) is 6.89. The van der Waals surface area contributed by atoms with Gasteiger partial charge < -0.3 is 10.2 Å². The van der Waals surface area contributed by atoms with Crippen molar-refractivity contribution in [3.8, 4) is 0 Å². The van der Waals surface area contributed by atoms with Gasteiger partial charge in [-0.25, -0.2) is 9.97 Å². The van der Waals surface area contributed by atoms with Crippen LogP contribution >= 0.6 is 0 Å². The minimum atomic E-state index is -0.249. The molecule has 1 fully saturated rings. The molecule has 7 nitrogen and oxygen atoms in total. The summed E-state index contributed by atoms with van der Waals surface area (Å²) in [4.78, 5) is 22.3. The summed E-state index contributed by atoms with van der Waals surface area (Å²) in [6.45, 7) is 0. The second-order valence-corrected chi connectivity index (χ2v) is 5.46. The fraction of sp³-hybridized carbons (Fsp3) is 0.429. The third-order valence-corrected chi connectivity index (χ3v) is 3.50. The van der Waals surface area contributed by atoms with Gasteiger partial charge in [0, 0.05) is 38.8 Å². The van der Waals surface area contributed by atoms with Crippen LogP contribution in [0.5, 0.6) is 0 Å². The third-order valence-electron chi connectivity index (χ3n) is 3.50. The van der Waals surface area contributed by atoms with Gasteiger partial charge in [-0.1, -0.05) is 0 Å². The lowest BCUT2D eigenvalue weighted by Gasteiger charge is -2.11. The van der Waals surface area contributed by atoms with E-state index in [4.69, 9.17) is 0 Å². The van der Waals surface area contributed by atoms with Crippen molar-refractivity contribution in [1.29, 1.82) is 0 Å². The summed E-state index contributed by atoms with van der Waals surface area (Å²) in [6.07, 6.45) is 3.79. The lowest BCUT2D eigenvalue weighted by molar-refractivity contribution is 0.102. The van der Waals surface area contributed by atoms with E-state index >= 15 is 0 Å². The number of nitrogens with one attached hydrogen (secondary N) is 1. The molecule has 110 valence electrons.